The zero-order valence-electron chi connectivity index (χ0n) is 13.1. The van der Waals surface area contributed by atoms with Gasteiger partial charge in [-0.15, -0.1) is 5.10 Å². The molecule has 0 amide bonds. The number of aryl methyl sites for hydroxylation is 1. The maximum absolute atomic E-state index is 9.49. The number of morpholine rings is 1. The lowest BCUT2D eigenvalue weighted by atomic mass is 10.1. The van der Waals surface area contributed by atoms with Crippen LogP contribution in [0.4, 0.5) is 5.82 Å². The lowest BCUT2D eigenvalue weighted by Crippen LogP contribution is -2.39. The average molecular weight is 373 g/mol. The van der Waals surface area contributed by atoms with Crippen molar-refractivity contribution in [2.75, 3.05) is 24.6 Å². The van der Waals surface area contributed by atoms with Gasteiger partial charge in [0.2, 0.25) is 0 Å². The standard InChI is InChI=1S/C17H17BrN4O/c1-11-12(2)20-21-17(15(11)9-19)22-6-7-23-16(10-22)13-4-3-5-14(18)8-13/h3-5,8,16H,6-7,10H2,1-2H3/t16-/m0/s1. The van der Waals surface area contributed by atoms with Crippen molar-refractivity contribution in [2.24, 2.45) is 0 Å². The molecule has 1 aliphatic rings. The maximum Gasteiger partial charge on any atom is 0.169 e. The van der Waals surface area contributed by atoms with E-state index < -0.39 is 0 Å². The van der Waals surface area contributed by atoms with Crippen LogP contribution in [0, 0.1) is 25.2 Å². The molecule has 2 aromatic rings. The van der Waals surface area contributed by atoms with Gasteiger partial charge in [0.05, 0.1) is 12.3 Å². The highest BCUT2D eigenvalue weighted by molar-refractivity contribution is 9.10. The number of rotatable bonds is 2. The van der Waals surface area contributed by atoms with Gasteiger partial charge in [-0.05, 0) is 37.1 Å². The molecule has 1 saturated heterocycles. The summed E-state index contributed by atoms with van der Waals surface area (Å²) < 4.78 is 6.93. The number of hydrogen-bond acceptors (Lipinski definition) is 5. The van der Waals surface area contributed by atoms with Crippen molar-refractivity contribution < 1.29 is 4.74 Å². The molecule has 1 aromatic carbocycles. The molecule has 0 saturated carbocycles. The Labute approximate surface area is 144 Å². The summed E-state index contributed by atoms with van der Waals surface area (Å²) >= 11 is 3.49. The molecular weight excluding hydrogens is 356 g/mol. The molecule has 23 heavy (non-hydrogen) atoms. The van der Waals surface area contributed by atoms with E-state index in [0.29, 0.717) is 31.1 Å². The van der Waals surface area contributed by atoms with Gasteiger partial charge in [0.25, 0.3) is 0 Å². The first-order valence-electron chi connectivity index (χ1n) is 7.46. The van der Waals surface area contributed by atoms with Gasteiger partial charge in [-0.3, -0.25) is 0 Å². The summed E-state index contributed by atoms with van der Waals surface area (Å²) in [6.45, 7) is 5.74. The second-order valence-electron chi connectivity index (χ2n) is 5.58. The minimum atomic E-state index is -0.0452. The summed E-state index contributed by atoms with van der Waals surface area (Å²) in [7, 11) is 0. The molecule has 118 valence electrons. The minimum Gasteiger partial charge on any atom is -0.370 e. The van der Waals surface area contributed by atoms with E-state index >= 15 is 0 Å². The summed E-state index contributed by atoms with van der Waals surface area (Å²) in [5.41, 5.74) is 3.40. The Morgan fingerprint density at radius 3 is 2.91 bits per heavy atom. The lowest BCUT2D eigenvalue weighted by Gasteiger charge is -2.34. The summed E-state index contributed by atoms with van der Waals surface area (Å²) in [6.07, 6.45) is -0.0452. The zero-order chi connectivity index (χ0) is 16.4. The van der Waals surface area contributed by atoms with Gasteiger partial charge in [0, 0.05) is 17.6 Å². The van der Waals surface area contributed by atoms with Gasteiger partial charge in [0.15, 0.2) is 5.82 Å². The van der Waals surface area contributed by atoms with E-state index in [1.54, 1.807) is 0 Å². The summed E-state index contributed by atoms with van der Waals surface area (Å²) in [4.78, 5) is 2.09. The van der Waals surface area contributed by atoms with E-state index in [1.165, 1.54) is 0 Å². The van der Waals surface area contributed by atoms with Crippen LogP contribution < -0.4 is 4.90 Å². The van der Waals surface area contributed by atoms with Crippen LogP contribution in [0.2, 0.25) is 0 Å². The predicted molar refractivity (Wildman–Crippen MR) is 91.3 cm³/mol. The fourth-order valence-corrected chi connectivity index (χ4v) is 3.12. The number of nitrogens with zero attached hydrogens (tertiary/aromatic N) is 4. The second kappa shape index (κ2) is 6.65. The van der Waals surface area contributed by atoms with Crippen LogP contribution >= 0.6 is 15.9 Å². The second-order valence-corrected chi connectivity index (χ2v) is 6.50. The van der Waals surface area contributed by atoms with Gasteiger partial charge in [-0.1, -0.05) is 28.1 Å². The number of benzene rings is 1. The fraction of sp³-hybridized carbons (Fsp3) is 0.353. The molecule has 0 bridgehead atoms. The Hall–Kier alpha value is -1.97. The first-order valence-corrected chi connectivity index (χ1v) is 8.25. The highest BCUT2D eigenvalue weighted by Crippen LogP contribution is 2.29. The van der Waals surface area contributed by atoms with Crippen LogP contribution in [-0.2, 0) is 4.74 Å². The van der Waals surface area contributed by atoms with E-state index in [1.807, 2.05) is 26.0 Å². The minimum absolute atomic E-state index is 0.0452. The van der Waals surface area contributed by atoms with E-state index in [0.717, 1.165) is 21.3 Å². The van der Waals surface area contributed by atoms with Gasteiger partial charge in [0.1, 0.15) is 17.7 Å². The molecule has 0 aliphatic carbocycles. The van der Waals surface area contributed by atoms with Crippen LogP contribution in [0.15, 0.2) is 28.7 Å². The summed E-state index contributed by atoms with van der Waals surface area (Å²) in [5.74, 6) is 0.652. The van der Waals surface area contributed by atoms with Crippen molar-refractivity contribution >= 4 is 21.7 Å². The third-order valence-electron chi connectivity index (χ3n) is 4.13. The quantitative estimate of drug-likeness (QED) is 0.808. The SMILES string of the molecule is Cc1nnc(N2CCO[C@H](c3cccc(Br)c3)C2)c(C#N)c1C. The van der Waals surface area contributed by atoms with Gasteiger partial charge in [-0.25, -0.2) is 0 Å². The molecule has 1 atom stereocenters. The van der Waals surface area contributed by atoms with Crippen LogP contribution in [0.25, 0.3) is 0 Å². The zero-order valence-corrected chi connectivity index (χ0v) is 14.7. The molecule has 1 fully saturated rings. The third-order valence-corrected chi connectivity index (χ3v) is 4.63. The number of ether oxygens (including phenoxy) is 1. The molecule has 1 aromatic heterocycles. The van der Waals surface area contributed by atoms with Gasteiger partial charge >= 0.3 is 0 Å². The van der Waals surface area contributed by atoms with Crippen LogP contribution in [-0.4, -0.2) is 29.9 Å². The van der Waals surface area contributed by atoms with Gasteiger partial charge in [-0.2, -0.15) is 10.4 Å². The van der Waals surface area contributed by atoms with E-state index in [4.69, 9.17) is 4.74 Å². The van der Waals surface area contributed by atoms with Gasteiger partial charge < -0.3 is 9.64 Å². The van der Waals surface area contributed by atoms with Crippen molar-refractivity contribution in [3.05, 3.63) is 51.1 Å². The van der Waals surface area contributed by atoms with Crippen LogP contribution in [0.1, 0.15) is 28.5 Å². The molecule has 0 radical (unpaired) electrons. The first kappa shape index (κ1) is 15.9. The Bertz CT molecular complexity index is 772. The molecular formula is C17H17BrN4O. The molecule has 1 aliphatic heterocycles. The van der Waals surface area contributed by atoms with Crippen LogP contribution in [0.5, 0.6) is 0 Å². The van der Waals surface area contributed by atoms with E-state index in [9.17, 15) is 5.26 Å². The number of hydrogen-bond donors (Lipinski definition) is 0. The number of nitriles is 1. The monoisotopic (exact) mass is 372 g/mol. The highest BCUT2D eigenvalue weighted by atomic mass is 79.9. The highest BCUT2D eigenvalue weighted by Gasteiger charge is 2.26. The van der Waals surface area contributed by atoms with E-state index in [-0.39, 0.29) is 6.10 Å². The average Bonchev–Trinajstić information content (AvgIpc) is 2.57. The maximum atomic E-state index is 9.49. The Kier molecular flexibility index (Phi) is 4.60. The topological polar surface area (TPSA) is 62.0 Å². The summed E-state index contributed by atoms with van der Waals surface area (Å²) in [6, 6.07) is 10.4. The van der Waals surface area contributed by atoms with Crippen LogP contribution in [0.3, 0.4) is 0 Å². The Balaban J connectivity index is 1.90. The van der Waals surface area contributed by atoms with Crippen molar-refractivity contribution in [2.45, 2.75) is 20.0 Å². The molecule has 0 spiro atoms. The Morgan fingerprint density at radius 1 is 1.35 bits per heavy atom. The fourth-order valence-electron chi connectivity index (χ4n) is 2.70. The predicted octanol–water partition coefficient (Wildman–Crippen LogP) is 3.31. The molecule has 3 rings (SSSR count). The molecule has 0 unspecified atom stereocenters. The van der Waals surface area contributed by atoms with Crippen molar-refractivity contribution in [3.63, 3.8) is 0 Å². The Morgan fingerprint density at radius 2 is 2.17 bits per heavy atom. The molecule has 6 heteroatoms. The molecule has 5 nitrogen and oxygen atoms in total. The van der Waals surface area contributed by atoms with Crippen molar-refractivity contribution in [1.29, 1.82) is 5.26 Å². The normalized spacial score (nSPS) is 17.8. The number of anilines is 1. The lowest BCUT2D eigenvalue weighted by molar-refractivity contribution is 0.0394. The number of aromatic nitrogens is 2. The van der Waals surface area contributed by atoms with Crippen molar-refractivity contribution in [3.8, 4) is 6.07 Å². The third kappa shape index (κ3) is 3.21. The number of halogens is 1. The van der Waals surface area contributed by atoms with E-state index in [2.05, 4.69) is 49.2 Å². The first-order chi connectivity index (χ1) is 11.1. The van der Waals surface area contributed by atoms with Crippen molar-refractivity contribution in [1.82, 2.24) is 10.2 Å². The largest absolute Gasteiger partial charge is 0.370 e. The smallest absolute Gasteiger partial charge is 0.169 e. The molecule has 2 heterocycles. The molecule has 0 N–H and O–H groups in total. The summed E-state index contributed by atoms with van der Waals surface area (Å²) in [5, 5.41) is 17.9.